The van der Waals surface area contributed by atoms with Crippen LogP contribution in [0.3, 0.4) is 0 Å². The summed E-state index contributed by atoms with van der Waals surface area (Å²) in [6, 6.07) is 28.3. The molecule has 2 amide bonds. The molecule has 3 aromatic carbocycles. The van der Waals surface area contributed by atoms with Crippen molar-refractivity contribution >= 4 is 23.2 Å². The highest BCUT2D eigenvalue weighted by molar-refractivity contribution is 6.06. The Morgan fingerprint density at radius 3 is 1.38 bits per heavy atom. The number of hydrogen-bond acceptors (Lipinski definition) is 4. The number of aromatic nitrogens is 2. The van der Waals surface area contributed by atoms with E-state index in [2.05, 4.69) is 162 Å². The first kappa shape index (κ1) is 41.1. The molecular formula is C52H62N4O2. The van der Waals surface area contributed by atoms with Crippen molar-refractivity contribution in [1.29, 1.82) is 0 Å². The minimum atomic E-state index is -0.0981. The normalized spacial score (nSPS) is 15.5. The molecule has 2 saturated heterocycles. The van der Waals surface area contributed by atoms with Crippen LogP contribution in [0.15, 0.2) is 85.1 Å². The van der Waals surface area contributed by atoms with Gasteiger partial charge < -0.3 is 9.80 Å². The molecule has 302 valence electrons. The maximum absolute atomic E-state index is 13.5. The largest absolute Gasteiger partial charge is 0.312 e. The Bertz CT molecular complexity index is 2330. The Labute approximate surface area is 347 Å². The molecule has 4 heterocycles. The van der Waals surface area contributed by atoms with E-state index in [4.69, 9.17) is 9.97 Å². The number of rotatable bonds is 6. The first-order valence-electron chi connectivity index (χ1n) is 21.1. The van der Waals surface area contributed by atoms with Crippen LogP contribution < -0.4 is 9.80 Å². The first-order valence-corrected chi connectivity index (χ1v) is 21.1. The van der Waals surface area contributed by atoms with Gasteiger partial charge in [-0.1, -0.05) is 138 Å². The van der Waals surface area contributed by atoms with Crippen LogP contribution in [0.2, 0.25) is 0 Å². The van der Waals surface area contributed by atoms with Crippen LogP contribution in [0.4, 0.5) is 11.4 Å². The summed E-state index contributed by atoms with van der Waals surface area (Å²) in [4.78, 5) is 41.1. The molecule has 0 radical (unpaired) electrons. The van der Waals surface area contributed by atoms with E-state index in [1.807, 2.05) is 16.0 Å². The molecule has 0 N–H and O–H groups in total. The van der Waals surface area contributed by atoms with Crippen molar-refractivity contribution in [2.24, 2.45) is 0 Å². The van der Waals surface area contributed by atoms with Crippen LogP contribution in [0.25, 0.3) is 44.8 Å². The lowest BCUT2D eigenvalue weighted by atomic mass is 9.80. The van der Waals surface area contributed by atoms with Crippen molar-refractivity contribution in [2.45, 2.75) is 130 Å². The second kappa shape index (κ2) is 14.9. The maximum atomic E-state index is 13.5. The summed E-state index contributed by atoms with van der Waals surface area (Å²) in [6.45, 7) is 28.1. The number of pyridine rings is 2. The Morgan fingerprint density at radius 2 is 0.966 bits per heavy atom. The van der Waals surface area contributed by atoms with Crippen LogP contribution in [0, 0.1) is 0 Å². The van der Waals surface area contributed by atoms with Gasteiger partial charge in [-0.15, -0.1) is 0 Å². The summed E-state index contributed by atoms with van der Waals surface area (Å²) in [5.41, 5.74) is 14.2. The molecule has 7 rings (SSSR count). The van der Waals surface area contributed by atoms with Crippen LogP contribution in [0.1, 0.15) is 131 Å². The monoisotopic (exact) mass is 774 g/mol. The molecule has 6 heteroatoms. The third kappa shape index (κ3) is 8.26. The summed E-state index contributed by atoms with van der Waals surface area (Å²) in [7, 11) is 0. The summed E-state index contributed by atoms with van der Waals surface area (Å²) in [5.74, 6) is 0.253. The predicted octanol–water partition coefficient (Wildman–Crippen LogP) is 12.6. The summed E-state index contributed by atoms with van der Waals surface area (Å²) >= 11 is 0. The molecule has 0 bridgehead atoms. The highest BCUT2D eigenvalue weighted by atomic mass is 16.2. The highest BCUT2D eigenvalue weighted by Gasteiger charge is 2.31. The molecular weight excluding hydrogens is 713 g/mol. The van der Waals surface area contributed by atoms with E-state index in [-0.39, 0.29) is 33.5 Å². The lowest BCUT2D eigenvalue weighted by Gasteiger charge is -2.27. The van der Waals surface area contributed by atoms with Gasteiger partial charge in [0.2, 0.25) is 11.8 Å². The summed E-state index contributed by atoms with van der Waals surface area (Å²) in [5, 5.41) is 0. The highest BCUT2D eigenvalue weighted by Crippen LogP contribution is 2.45. The Morgan fingerprint density at radius 1 is 0.500 bits per heavy atom. The van der Waals surface area contributed by atoms with E-state index in [0.717, 1.165) is 74.7 Å². The van der Waals surface area contributed by atoms with Gasteiger partial charge in [0.1, 0.15) is 0 Å². The Balaban J connectivity index is 1.35. The van der Waals surface area contributed by atoms with Gasteiger partial charge in [-0.3, -0.25) is 19.6 Å². The molecule has 0 saturated carbocycles. The molecule has 0 unspecified atom stereocenters. The first-order chi connectivity index (χ1) is 27.1. The number of carbonyl (C=O) groups is 2. The zero-order chi connectivity index (χ0) is 41.9. The van der Waals surface area contributed by atoms with Gasteiger partial charge in [0.05, 0.1) is 22.8 Å². The molecule has 2 aliphatic rings. The number of carbonyl (C=O) groups excluding carboxylic acids is 2. The second-order valence-corrected chi connectivity index (χ2v) is 20.6. The molecule has 6 nitrogen and oxygen atoms in total. The van der Waals surface area contributed by atoms with Crippen LogP contribution in [-0.2, 0) is 31.2 Å². The lowest BCUT2D eigenvalue weighted by molar-refractivity contribution is -0.117. The van der Waals surface area contributed by atoms with Gasteiger partial charge >= 0.3 is 0 Å². The standard InChI is InChI=1S/C52H62N4O2/c1-49(2,3)37-28-42(54-45(29-37)52(10,11)12)35-21-17-33(18-22-35)39-30-44(56-26-14-16-47(56)58)40(31-43(39)55-25-13-15-46(55)57)34-19-23-36(24-20-34)48-41(51(7,8)9)27-38(32-53-48)50(4,5)6/h17-24,27-32H,13-16,25-26H2,1-12H3. The third-order valence-electron chi connectivity index (χ3n) is 11.8. The van der Waals surface area contributed by atoms with E-state index >= 15 is 0 Å². The van der Waals surface area contributed by atoms with Gasteiger partial charge in [-0.25, -0.2) is 0 Å². The number of hydrogen-bond donors (Lipinski definition) is 0. The number of amides is 2. The fraction of sp³-hybridized carbons (Fsp3) is 0.423. The maximum Gasteiger partial charge on any atom is 0.227 e. The number of benzene rings is 3. The smallest absolute Gasteiger partial charge is 0.227 e. The van der Waals surface area contributed by atoms with Gasteiger partial charge in [0.15, 0.2) is 0 Å². The van der Waals surface area contributed by atoms with Crippen molar-refractivity contribution in [3.8, 4) is 44.8 Å². The lowest BCUT2D eigenvalue weighted by Crippen LogP contribution is -2.27. The average molecular weight is 775 g/mol. The topological polar surface area (TPSA) is 66.4 Å². The van der Waals surface area contributed by atoms with Crippen molar-refractivity contribution in [2.75, 3.05) is 22.9 Å². The van der Waals surface area contributed by atoms with E-state index < -0.39 is 0 Å². The average Bonchev–Trinajstić information content (AvgIpc) is 3.80. The molecule has 58 heavy (non-hydrogen) atoms. The molecule has 0 spiro atoms. The molecule has 2 aliphatic heterocycles. The molecule has 5 aromatic rings. The SMILES string of the molecule is CC(C)(C)c1cc(-c2ccc(-c3cc(N4CCCC4=O)c(-c4ccc(-c5ncc(C(C)(C)C)cc5C(C)(C)C)cc4)cc3N3CCCC3=O)cc2)nc(C(C)(C)C)c1. The predicted molar refractivity (Wildman–Crippen MR) is 242 cm³/mol. The van der Waals surface area contributed by atoms with E-state index in [0.29, 0.717) is 25.9 Å². The fourth-order valence-corrected chi connectivity index (χ4v) is 8.09. The molecule has 2 fully saturated rings. The van der Waals surface area contributed by atoms with Crippen molar-refractivity contribution < 1.29 is 9.59 Å². The van der Waals surface area contributed by atoms with E-state index in [1.54, 1.807) is 0 Å². The van der Waals surface area contributed by atoms with E-state index in [9.17, 15) is 9.59 Å². The molecule has 2 aromatic heterocycles. The molecule has 0 aliphatic carbocycles. The number of nitrogens with zero attached hydrogens (tertiary/aromatic N) is 4. The summed E-state index contributed by atoms with van der Waals surface area (Å²) < 4.78 is 0. The fourth-order valence-electron chi connectivity index (χ4n) is 8.09. The van der Waals surface area contributed by atoms with Crippen molar-refractivity contribution in [1.82, 2.24) is 9.97 Å². The Hall–Kier alpha value is -5.10. The van der Waals surface area contributed by atoms with Gasteiger partial charge in [-0.2, -0.15) is 0 Å². The van der Waals surface area contributed by atoms with Crippen molar-refractivity contribution in [3.63, 3.8) is 0 Å². The Kier molecular flexibility index (Phi) is 10.6. The van der Waals surface area contributed by atoms with Gasteiger partial charge in [0.25, 0.3) is 0 Å². The number of anilines is 2. The van der Waals surface area contributed by atoms with Crippen LogP contribution >= 0.6 is 0 Å². The zero-order valence-electron chi connectivity index (χ0n) is 36.9. The van der Waals surface area contributed by atoms with Gasteiger partial charge in [0, 0.05) is 65.5 Å². The van der Waals surface area contributed by atoms with Crippen LogP contribution in [0.5, 0.6) is 0 Å². The minimum Gasteiger partial charge on any atom is -0.312 e. The van der Waals surface area contributed by atoms with Crippen LogP contribution in [-0.4, -0.2) is 34.9 Å². The van der Waals surface area contributed by atoms with Gasteiger partial charge in [-0.05, 0) is 81.2 Å². The third-order valence-corrected chi connectivity index (χ3v) is 11.8. The zero-order valence-corrected chi connectivity index (χ0v) is 36.9. The van der Waals surface area contributed by atoms with E-state index in [1.165, 1.54) is 16.7 Å². The quantitative estimate of drug-likeness (QED) is 0.172. The second-order valence-electron chi connectivity index (χ2n) is 20.6. The van der Waals surface area contributed by atoms with Crippen molar-refractivity contribution in [3.05, 3.63) is 107 Å². The summed E-state index contributed by atoms with van der Waals surface area (Å²) in [6.07, 6.45) is 4.70. The minimum absolute atomic E-state index is 0.00710. The molecule has 0 atom stereocenters.